The van der Waals surface area contributed by atoms with Crippen molar-refractivity contribution in [1.29, 1.82) is 0 Å². The summed E-state index contributed by atoms with van der Waals surface area (Å²) in [4.78, 5) is 24.5. The van der Waals surface area contributed by atoms with Gasteiger partial charge in [0.25, 0.3) is 5.91 Å². The van der Waals surface area contributed by atoms with Gasteiger partial charge in [0.2, 0.25) is 5.95 Å². The van der Waals surface area contributed by atoms with E-state index in [1.165, 1.54) is 6.07 Å². The van der Waals surface area contributed by atoms with Gasteiger partial charge in [-0.25, -0.2) is 9.37 Å². The lowest BCUT2D eigenvalue weighted by molar-refractivity contribution is 0.102. The lowest BCUT2D eigenvalue weighted by Gasteiger charge is -2.19. The number of rotatable bonds is 4. The first-order valence-corrected chi connectivity index (χ1v) is 7.08. The van der Waals surface area contributed by atoms with Gasteiger partial charge < -0.3 is 15.1 Å². The van der Waals surface area contributed by atoms with E-state index >= 15 is 0 Å². The van der Waals surface area contributed by atoms with Crippen molar-refractivity contribution in [2.24, 2.45) is 0 Å². The van der Waals surface area contributed by atoms with E-state index in [0.717, 1.165) is 0 Å². The van der Waals surface area contributed by atoms with E-state index in [4.69, 9.17) is 0 Å². The zero-order chi connectivity index (χ0) is 17.1. The molecule has 23 heavy (non-hydrogen) atoms. The number of nitrogens with one attached hydrogen (secondary N) is 1. The second-order valence-electron chi connectivity index (χ2n) is 5.61. The van der Waals surface area contributed by atoms with E-state index in [0.29, 0.717) is 23.0 Å². The Morgan fingerprint density at radius 1 is 1.17 bits per heavy atom. The minimum atomic E-state index is -0.412. The quantitative estimate of drug-likeness (QED) is 0.937. The van der Waals surface area contributed by atoms with Gasteiger partial charge in [-0.15, -0.1) is 0 Å². The number of aryl methyl sites for hydroxylation is 1. The van der Waals surface area contributed by atoms with Crippen LogP contribution in [0, 0.1) is 12.7 Å². The third-order valence-electron chi connectivity index (χ3n) is 3.26. The normalized spacial score (nSPS) is 10.3. The standard InChI is InChI=1S/C16H20FN5O/c1-10-6-7-11(8-12(10)17)15(23)19-13-9-18-16(22(4)5)20-14(13)21(2)3/h6-9H,1-5H3,(H,19,23). The Kier molecular flexibility index (Phi) is 4.78. The highest BCUT2D eigenvalue weighted by molar-refractivity contribution is 6.05. The van der Waals surface area contributed by atoms with Crippen LogP contribution < -0.4 is 15.1 Å². The van der Waals surface area contributed by atoms with Crippen molar-refractivity contribution in [1.82, 2.24) is 9.97 Å². The monoisotopic (exact) mass is 317 g/mol. The summed E-state index contributed by atoms with van der Waals surface area (Å²) in [5.74, 6) is 0.288. The van der Waals surface area contributed by atoms with E-state index in [-0.39, 0.29) is 5.56 Å². The molecule has 1 amide bonds. The van der Waals surface area contributed by atoms with Crippen LogP contribution in [-0.2, 0) is 0 Å². The van der Waals surface area contributed by atoms with Crippen molar-refractivity contribution in [2.75, 3.05) is 43.3 Å². The lowest BCUT2D eigenvalue weighted by atomic mass is 10.1. The third kappa shape index (κ3) is 3.74. The summed E-state index contributed by atoms with van der Waals surface area (Å²) >= 11 is 0. The predicted molar refractivity (Wildman–Crippen MR) is 89.8 cm³/mol. The Morgan fingerprint density at radius 2 is 1.87 bits per heavy atom. The topological polar surface area (TPSA) is 61.4 Å². The van der Waals surface area contributed by atoms with Crippen LogP contribution in [0.2, 0.25) is 0 Å². The molecule has 1 N–H and O–H groups in total. The fourth-order valence-electron chi connectivity index (χ4n) is 1.94. The molecule has 0 aliphatic heterocycles. The van der Waals surface area contributed by atoms with Crippen molar-refractivity contribution in [3.05, 3.63) is 41.3 Å². The van der Waals surface area contributed by atoms with Crippen LogP contribution >= 0.6 is 0 Å². The third-order valence-corrected chi connectivity index (χ3v) is 3.26. The van der Waals surface area contributed by atoms with Gasteiger partial charge in [-0.05, 0) is 24.6 Å². The number of anilines is 3. The molecule has 0 saturated carbocycles. The van der Waals surface area contributed by atoms with Crippen molar-refractivity contribution < 1.29 is 9.18 Å². The highest BCUT2D eigenvalue weighted by Gasteiger charge is 2.15. The SMILES string of the molecule is Cc1ccc(C(=O)Nc2cnc(N(C)C)nc2N(C)C)cc1F. The lowest BCUT2D eigenvalue weighted by Crippen LogP contribution is -2.21. The summed E-state index contributed by atoms with van der Waals surface area (Å²) < 4.78 is 13.6. The highest BCUT2D eigenvalue weighted by Crippen LogP contribution is 2.23. The van der Waals surface area contributed by atoms with E-state index in [1.54, 1.807) is 35.1 Å². The fourth-order valence-corrected chi connectivity index (χ4v) is 1.94. The second-order valence-corrected chi connectivity index (χ2v) is 5.61. The number of amides is 1. The summed E-state index contributed by atoms with van der Waals surface area (Å²) in [6.07, 6.45) is 1.54. The maximum absolute atomic E-state index is 13.6. The molecule has 1 aromatic heterocycles. The van der Waals surface area contributed by atoms with E-state index in [2.05, 4.69) is 15.3 Å². The predicted octanol–water partition coefficient (Wildman–Crippen LogP) is 2.31. The zero-order valence-corrected chi connectivity index (χ0v) is 13.9. The molecule has 0 aliphatic rings. The molecule has 0 saturated heterocycles. The fraction of sp³-hybridized carbons (Fsp3) is 0.312. The number of halogens is 1. The molecule has 122 valence electrons. The number of hydrogen-bond acceptors (Lipinski definition) is 5. The summed E-state index contributed by atoms with van der Waals surface area (Å²) in [6.45, 7) is 1.65. The smallest absolute Gasteiger partial charge is 0.255 e. The minimum Gasteiger partial charge on any atom is -0.361 e. The summed E-state index contributed by atoms with van der Waals surface area (Å²) in [5, 5.41) is 2.73. The summed E-state index contributed by atoms with van der Waals surface area (Å²) in [7, 11) is 7.32. The number of carbonyl (C=O) groups excluding carboxylic acids is 1. The molecule has 0 radical (unpaired) electrons. The first kappa shape index (κ1) is 16.7. The number of carbonyl (C=O) groups is 1. The van der Waals surface area contributed by atoms with Gasteiger partial charge in [0.05, 0.1) is 6.20 Å². The van der Waals surface area contributed by atoms with Crippen molar-refractivity contribution >= 4 is 23.4 Å². The Hall–Kier alpha value is -2.70. The molecule has 2 rings (SSSR count). The first-order valence-electron chi connectivity index (χ1n) is 7.08. The molecule has 0 spiro atoms. The van der Waals surface area contributed by atoms with Gasteiger partial charge in [-0.1, -0.05) is 6.07 Å². The Bertz CT molecular complexity index is 730. The van der Waals surface area contributed by atoms with E-state index in [1.807, 2.05) is 28.2 Å². The van der Waals surface area contributed by atoms with E-state index < -0.39 is 11.7 Å². The maximum atomic E-state index is 13.6. The number of benzene rings is 1. The van der Waals surface area contributed by atoms with Gasteiger partial charge in [-0.3, -0.25) is 4.79 Å². The average molecular weight is 317 g/mol. The number of nitrogens with zero attached hydrogens (tertiary/aromatic N) is 4. The maximum Gasteiger partial charge on any atom is 0.255 e. The molecule has 6 nitrogen and oxygen atoms in total. The van der Waals surface area contributed by atoms with Crippen LogP contribution in [-0.4, -0.2) is 44.1 Å². The second kappa shape index (κ2) is 6.60. The molecular weight excluding hydrogens is 297 g/mol. The van der Waals surface area contributed by atoms with Crippen LogP contribution in [0.15, 0.2) is 24.4 Å². The van der Waals surface area contributed by atoms with E-state index in [9.17, 15) is 9.18 Å². The number of hydrogen-bond donors (Lipinski definition) is 1. The van der Waals surface area contributed by atoms with Crippen LogP contribution in [0.3, 0.4) is 0 Å². The van der Waals surface area contributed by atoms with Crippen molar-refractivity contribution in [3.63, 3.8) is 0 Å². The molecule has 1 aromatic carbocycles. The molecule has 7 heteroatoms. The average Bonchev–Trinajstić information content (AvgIpc) is 2.49. The molecule has 0 fully saturated rings. The van der Waals surface area contributed by atoms with Crippen molar-refractivity contribution in [3.8, 4) is 0 Å². The molecule has 1 heterocycles. The van der Waals surface area contributed by atoms with Crippen LogP contribution in [0.25, 0.3) is 0 Å². The Labute approximate surface area is 135 Å². The minimum absolute atomic E-state index is 0.245. The van der Waals surface area contributed by atoms with Gasteiger partial charge >= 0.3 is 0 Å². The van der Waals surface area contributed by atoms with Gasteiger partial charge in [0, 0.05) is 33.8 Å². The van der Waals surface area contributed by atoms with Crippen LogP contribution in [0.5, 0.6) is 0 Å². The summed E-state index contributed by atoms with van der Waals surface area (Å²) in [5.41, 5.74) is 1.20. The first-order chi connectivity index (χ1) is 10.8. The molecule has 0 bridgehead atoms. The molecule has 2 aromatic rings. The molecular formula is C16H20FN5O. The van der Waals surface area contributed by atoms with Gasteiger partial charge in [0.1, 0.15) is 11.5 Å². The summed E-state index contributed by atoms with van der Waals surface area (Å²) in [6, 6.07) is 4.37. The Morgan fingerprint density at radius 3 is 2.43 bits per heavy atom. The molecule has 0 aliphatic carbocycles. The Balaban J connectivity index is 2.31. The zero-order valence-electron chi connectivity index (χ0n) is 13.9. The number of aromatic nitrogens is 2. The van der Waals surface area contributed by atoms with Crippen LogP contribution in [0.1, 0.15) is 15.9 Å². The molecule has 0 atom stereocenters. The highest BCUT2D eigenvalue weighted by atomic mass is 19.1. The largest absolute Gasteiger partial charge is 0.361 e. The van der Waals surface area contributed by atoms with Crippen molar-refractivity contribution in [2.45, 2.75) is 6.92 Å². The van der Waals surface area contributed by atoms with Gasteiger partial charge in [0.15, 0.2) is 5.82 Å². The molecule has 0 unspecified atom stereocenters. The van der Waals surface area contributed by atoms with Crippen LogP contribution in [0.4, 0.5) is 21.8 Å². The van der Waals surface area contributed by atoms with Gasteiger partial charge in [-0.2, -0.15) is 4.98 Å².